The van der Waals surface area contributed by atoms with Crippen molar-refractivity contribution < 1.29 is 0 Å². The molecule has 5 rings (SSSR count). The number of nitrogens with one attached hydrogen (secondary N) is 1. The van der Waals surface area contributed by atoms with Crippen LogP contribution in [0.3, 0.4) is 0 Å². The summed E-state index contributed by atoms with van der Waals surface area (Å²) in [6, 6.07) is 4.15. The van der Waals surface area contributed by atoms with E-state index < -0.39 is 0 Å². The summed E-state index contributed by atoms with van der Waals surface area (Å²) in [5.41, 5.74) is 4.87. The molecule has 4 aliphatic heterocycles. The van der Waals surface area contributed by atoms with E-state index in [1.54, 1.807) is 0 Å². The number of hydrogen-bond donors (Lipinski definition) is 1. The zero-order chi connectivity index (χ0) is 15.9. The second kappa shape index (κ2) is 5.46. The van der Waals surface area contributed by atoms with Crippen molar-refractivity contribution in [2.24, 2.45) is 15.0 Å². The maximum atomic E-state index is 4.77. The first-order valence-electron chi connectivity index (χ1n) is 7.84. The number of rotatable bonds is 0. The normalized spacial score (nSPS) is 23.8. The smallest absolute Gasteiger partial charge is 0.116 e. The van der Waals surface area contributed by atoms with Gasteiger partial charge in [-0.2, -0.15) is 0 Å². The van der Waals surface area contributed by atoms with Crippen LogP contribution >= 0.6 is 11.8 Å². The predicted octanol–water partition coefficient (Wildman–Crippen LogP) is 1.89. The van der Waals surface area contributed by atoms with E-state index >= 15 is 0 Å². The Morgan fingerprint density at radius 1 is 0.875 bits per heavy atom. The van der Waals surface area contributed by atoms with Gasteiger partial charge < -0.3 is 4.98 Å². The fourth-order valence-electron chi connectivity index (χ4n) is 2.93. The molecule has 1 N–H and O–H groups in total. The molecule has 24 heavy (non-hydrogen) atoms. The second-order valence-electron chi connectivity index (χ2n) is 5.88. The van der Waals surface area contributed by atoms with Crippen molar-refractivity contribution in [1.82, 2.24) is 4.98 Å². The molecule has 0 spiro atoms. The number of aromatic nitrogens is 1. The minimum atomic E-state index is 0.136. The van der Waals surface area contributed by atoms with Crippen LogP contribution in [0.2, 0.25) is 0 Å². The third kappa shape index (κ3) is 2.67. The molecular weight excluding hydrogens is 316 g/mol. The van der Waals surface area contributed by atoms with Gasteiger partial charge >= 0.3 is 0 Å². The van der Waals surface area contributed by atoms with Gasteiger partial charge in [0, 0.05) is 22.2 Å². The lowest BCUT2D eigenvalue weighted by molar-refractivity contribution is 1.16. The molecular formula is C19H14N4S. The van der Waals surface area contributed by atoms with Crippen LogP contribution in [0.4, 0.5) is 0 Å². The summed E-state index contributed by atoms with van der Waals surface area (Å²) < 4.78 is 0. The highest BCUT2D eigenvalue weighted by molar-refractivity contribution is 8.01. The highest BCUT2D eigenvalue weighted by Crippen LogP contribution is 2.25. The molecule has 8 bridgehead atoms. The average molecular weight is 330 g/mol. The summed E-state index contributed by atoms with van der Waals surface area (Å²) in [5, 5.41) is 2.25. The Hall–Kier alpha value is -2.66. The summed E-state index contributed by atoms with van der Waals surface area (Å²) in [6.07, 6.45) is 16.4. The highest BCUT2D eigenvalue weighted by Gasteiger charge is 2.16. The van der Waals surface area contributed by atoms with Crippen molar-refractivity contribution in [3.8, 4) is 0 Å². The van der Waals surface area contributed by atoms with Gasteiger partial charge in [-0.15, -0.1) is 11.8 Å². The van der Waals surface area contributed by atoms with Gasteiger partial charge in [0.25, 0.3) is 0 Å². The summed E-state index contributed by atoms with van der Waals surface area (Å²) in [4.78, 5) is 17.4. The van der Waals surface area contributed by atoms with Crippen LogP contribution in [0.5, 0.6) is 0 Å². The quantitative estimate of drug-likeness (QED) is 0.776. The number of H-pyrrole nitrogens is 1. The molecule has 4 aliphatic rings. The molecule has 1 aromatic heterocycles. The minimum absolute atomic E-state index is 0.136. The van der Waals surface area contributed by atoms with E-state index in [4.69, 9.17) is 4.99 Å². The summed E-state index contributed by atoms with van der Waals surface area (Å²) in [5.74, 6) is 0.923. The average Bonchev–Trinajstić information content (AvgIpc) is 3.32. The molecule has 0 amide bonds. The number of allylic oxidation sites excluding steroid dienone is 5. The lowest BCUT2D eigenvalue weighted by Gasteiger charge is -1.98. The zero-order valence-corrected chi connectivity index (χ0v) is 13.6. The van der Waals surface area contributed by atoms with Crippen LogP contribution in [0.25, 0.3) is 12.2 Å². The first kappa shape index (κ1) is 13.7. The number of nitrogens with zero attached hydrogens (tertiary/aromatic N) is 3. The van der Waals surface area contributed by atoms with Crippen molar-refractivity contribution in [1.29, 1.82) is 0 Å². The van der Waals surface area contributed by atoms with Crippen molar-refractivity contribution in [3.63, 3.8) is 0 Å². The van der Waals surface area contributed by atoms with Crippen LogP contribution in [0.15, 0.2) is 75.0 Å². The highest BCUT2D eigenvalue weighted by atomic mass is 32.2. The third-order valence-corrected chi connectivity index (χ3v) is 5.07. The van der Waals surface area contributed by atoms with Gasteiger partial charge in [0.05, 0.1) is 22.8 Å². The molecule has 0 aromatic carbocycles. The van der Waals surface area contributed by atoms with Gasteiger partial charge in [-0.05, 0) is 60.7 Å². The fourth-order valence-corrected chi connectivity index (χ4v) is 3.88. The van der Waals surface area contributed by atoms with Gasteiger partial charge in [0.15, 0.2) is 0 Å². The SMILES string of the molecule is C1=CC2=NC1=CC1N=C(C=c3ccc([nH]3)=CC3=NC(=C2)C=C3)CS1. The van der Waals surface area contributed by atoms with Gasteiger partial charge in [-0.25, -0.2) is 9.98 Å². The second-order valence-corrected chi connectivity index (χ2v) is 6.99. The predicted molar refractivity (Wildman–Crippen MR) is 102 cm³/mol. The van der Waals surface area contributed by atoms with E-state index in [1.165, 1.54) is 0 Å². The van der Waals surface area contributed by atoms with E-state index in [2.05, 4.69) is 39.3 Å². The summed E-state index contributed by atoms with van der Waals surface area (Å²) in [6.45, 7) is 0. The van der Waals surface area contributed by atoms with E-state index in [1.807, 2.05) is 48.2 Å². The number of aromatic amines is 1. The molecule has 0 fully saturated rings. The number of fused-ring (bicyclic) bond motifs is 5. The first-order valence-corrected chi connectivity index (χ1v) is 8.89. The largest absolute Gasteiger partial charge is 0.355 e. The first-order chi connectivity index (χ1) is 11.8. The summed E-state index contributed by atoms with van der Waals surface area (Å²) in [7, 11) is 0. The minimum Gasteiger partial charge on any atom is -0.355 e. The molecule has 116 valence electrons. The van der Waals surface area contributed by atoms with Crippen LogP contribution in [-0.4, -0.2) is 33.2 Å². The Bertz CT molecular complexity index is 1060. The zero-order valence-electron chi connectivity index (χ0n) is 12.8. The lowest BCUT2D eigenvalue weighted by atomic mass is 10.3. The van der Waals surface area contributed by atoms with Gasteiger partial charge in [0.1, 0.15) is 5.37 Å². The fraction of sp³-hybridized carbons (Fsp3) is 0.105. The van der Waals surface area contributed by atoms with E-state index in [0.29, 0.717) is 0 Å². The maximum absolute atomic E-state index is 4.77. The Morgan fingerprint density at radius 2 is 1.62 bits per heavy atom. The number of aliphatic imine (C=N–C) groups is 3. The lowest BCUT2D eigenvalue weighted by Crippen LogP contribution is -2.12. The molecule has 0 saturated carbocycles. The van der Waals surface area contributed by atoms with Crippen LogP contribution in [0, 0.1) is 0 Å². The van der Waals surface area contributed by atoms with Crippen molar-refractivity contribution in [3.05, 3.63) is 70.7 Å². The Kier molecular flexibility index (Phi) is 3.13. The molecule has 0 radical (unpaired) electrons. The van der Waals surface area contributed by atoms with Crippen molar-refractivity contribution in [2.75, 3.05) is 5.75 Å². The standard InChI is InChI=1S/C19H14N4S/c1-2-13-8-15-5-6-17(22-15)10-19-23-18(11-24-19)9-16-4-3-14(21-16)7-12(1)20-13/h1-10,19,21H,11H2. The molecule has 0 saturated heterocycles. The maximum Gasteiger partial charge on any atom is 0.116 e. The third-order valence-electron chi connectivity index (χ3n) is 4.03. The number of thioether (sulfide) groups is 1. The monoisotopic (exact) mass is 330 g/mol. The molecule has 1 aromatic rings. The van der Waals surface area contributed by atoms with Gasteiger partial charge in [0.2, 0.25) is 0 Å². The van der Waals surface area contributed by atoms with Crippen molar-refractivity contribution in [2.45, 2.75) is 5.37 Å². The Balaban J connectivity index is 1.67. The molecule has 5 heteroatoms. The van der Waals surface area contributed by atoms with E-state index in [0.717, 1.165) is 45.0 Å². The van der Waals surface area contributed by atoms with Crippen molar-refractivity contribution >= 4 is 41.0 Å². The Morgan fingerprint density at radius 3 is 2.54 bits per heavy atom. The molecule has 1 unspecified atom stereocenters. The topological polar surface area (TPSA) is 52.9 Å². The molecule has 1 atom stereocenters. The van der Waals surface area contributed by atoms with E-state index in [9.17, 15) is 0 Å². The van der Waals surface area contributed by atoms with Crippen LogP contribution < -0.4 is 10.7 Å². The summed E-state index contributed by atoms with van der Waals surface area (Å²) >= 11 is 1.82. The molecule has 0 aliphatic carbocycles. The Labute approximate surface area is 143 Å². The van der Waals surface area contributed by atoms with Gasteiger partial charge in [-0.1, -0.05) is 0 Å². The number of hydrogen-bond acceptors (Lipinski definition) is 4. The van der Waals surface area contributed by atoms with E-state index in [-0.39, 0.29) is 5.37 Å². The molecule has 4 nitrogen and oxygen atoms in total. The van der Waals surface area contributed by atoms with Gasteiger partial charge in [-0.3, -0.25) is 4.99 Å². The van der Waals surface area contributed by atoms with Crippen LogP contribution in [0.1, 0.15) is 0 Å². The molecule has 5 heterocycles. The van der Waals surface area contributed by atoms with Crippen LogP contribution in [-0.2, 0) is 0 Å².